The molecule has 274 valence electrons. The first-order valence-corrected chi connectivity index (χ1v) is 13.0. The summed E-state index contributed by atoms with van der Waals surface area (Å²) < 4.78 is 128. The lowest BCUT2D eigenvalue weighted by atomic mass is 10.0. The van der Waals surface area contributed by atoms with Gasteiger partial charge in [0.05, 0.1) is 11.7 Å². The number of pyridine rings is 1. The summed E-state index contributed by atoms with van der Waals surface area (Å²) in [5.74, 6) is -8.94. The maximum absolute atomic E-state index is 13.8. The highest BCUT2D eigenvalue weighted by molar-refractivity contribution is 5.86. The molecule has 6 N–H and O–H groups in total. The number of alkyl halides is 9. The summed E-state index contributed by atoms with van der Waals surface area (Å²) in [5, 5.41) is 29.6. The molecule has 0 aliphatic heterocycles. The number of carboxylic acids is 3. The molecule has 0 radical (unpaired) electrons. The van der Waals surface area contributed by atoms with E-state index in [1.807, 2.05) is 31.2 Å². The third kappa shape index (κ3) is 14.3. The van der Waals surface area contributed by atoms with Crippen LogP contribution in [0.25, 0.3) is 22.0 Å². The van der Waals surface area contributed by atoms with Gasteiger partial charge in [-0.25, -0.2) is 23.2 Å². The Balaban J connectivity index is 0.000000486. The Kier molecular flexibility index (Phi) is 15.1. The topological polar surface area (TPSA) is 189 Å². The van der Waals surface area contributed by atoms with Crippen molar-refractivity contribution in [3.63, 3.8) is 0 Å². The van der Waals surface area contributed by atoms with Crippen molar-refractivity contribution < 1.29 is 82.7 Å². The number of benzene rings is 2. The number of carbonyl (C=O) groups is 3. The Hall–Kier alpha value is -5.54. The van der Waals surface area contributed by atoms with Crippen molar-refractivity contribution in [2.75, 3.05) is 6.61 Å². The van der Waals surface area contributed by atoms with Crippen LogP contribution in [-0.2, 0) is 20.8 Å². The molecule has 0 bridgehead atoms. The van der Waals surface area contributed by atoms with Gasteiger partial charge < -0.3 is 25.8 Å². The smallest absolute Gasteiger partial charge is 0.490 e. The van der Waals surface area contributed by atoms with Gasteiger partial charge in [-0.05, 0) is 49.2 Å². The summed E-state index contributed by atoms with van der Waals surface area (Å²) in [7, 11) is 0. The molecule has 0 fully saturated rings. The van der Waals surface area contributed by atoms with Crippen LogP contribution in [0.4, 0.5) is 48.3 Å². The molecule has 2 aromatic heterocycles. The molecule has 1 atom stereocenters. The number of aromatic amines is 1. The SMILES string of the molecule is Cc1[nH]nc2ccc(-c3cncc(OC[C@@H](N)Cc4c(F)cccc4F)c3)cc12.O=C(O)C(F)(F)F.O=C(O)C(F)(F)F.O=C(O)C(F)(F)F. The number of carboxylic acid groups (broad SMARTS) is 3. The molecule has 4 aromatic rings. The summed E-state index contributed by atoms with van der Waals surface area (Å²) >= 11 is 0. The molecule has 0 aliphatic rings. The molecule has 2 heterocycles. The maximum Gasteiger partial charge on any atom is 0.490 e. The van der Waals surface area contributed by atoms with E-state index in [1.54, 1.807) is 12.4 Å². The van der Waals surface area contributed by atoms with Gasteiger partial charge >= 0.3 is 36.4 Å². The molecule has 0 saturated carbocycles. The predicted molar refractivity (Wildman–Crippen MR) is 149 cm³/mol. The number of fused-ring (bicyclic) bond motifs is 1. The van der Waals surface area contributed by atoms with Gasteiger partial charge in [-0.2, -0.15) is 44.6 Å². The molecule has 22 heteroatoms. The van der Waals surface area contributed by atoms with Crippen molar-refractivity contribution >= 4 is 28.8 Å². The van der Waals surface area contributed by atoms with Gasteiger partial charge in [0.1, 0.15) is 24.0 Å². The van der Waals surface area contributed by atoms with Crippen molar-refractivity contribution in [1.82, 2.24) is 15.2 Å². The molecule has 11 nitrogen and oxygen atoms in total. The summed E-state index contributed by atoms with van der Waals surface area (Å²) in [6.45, 7) is 2.08. The highest BCUT2D eigenvalue weighted by Crippen LogP contribution is 2.27. The average molecular weight is 736 g/mol. The van der Waals surface area contributed by atoms with Gasteiger partial charge in [0, 0.05) is 34.4 Å². The number of nitrogens with zero attached hydrogens (tertiary/aromatic N) is 2. The fourth-order valence-corrected chi connectivity index (χ4v) is 3.23. The second kappa shape index (κ2) is 17.7. The highest BCUT2D eigenvalue weighted by atomic mass is 19.4. The predicted octanol–water partition coefficient (Wildman–Crippen LogP) is 6.06. The summed E-state index contributed by atoms with van der Waals surface area (Å²) in [4.78, 5) is 30.9. The highest BCUT2D eigenvalue weighted by Gasteiger charge is 2.39. The zero-order valence-corrected chi connectivity index (χ0v) is 24.8. The standard InChI is InChI=1S/C22H20F2N4O.3C2HF3O2/c1-13-18-8-14(5-6-22(18)28-27-13)15-7-17(11-26-10-15)29-12-16(25)9-19-20(23)3-2-4-21(19)24;3*3-2(4,5)1(6)7/h2-8,10-11,16H,9,12,25H2,1H3,(H,27,28);3*(H,6,7)/t16-;;;/m0.../s1. The Morgan fingerprint density at radius 1 is 0.800 bits per heavy atom. The third-order valence-electron chi connectivity index (χ3n) is 5.51. The monoisotopic (exact) mass is 736 g/mol. The lowest BCUT2D eigenvalue weighted by Gasteiger charge is -2.14. The van der Waals surface area contributed by atoms with Gasteiger partial charge in [0.2, 0.25) is 0 Å². The first-order chi connectivity index (χ1) is 22.8. The van der Waals surface area contributed by atoms with Crippen LogP contribution in [0, 0.1) is 18.6 Å². The van der Waals surface area contributed by atoms with Crippen LogP contribution in [0.5, 0.6) is 5.75 Å². The largest absolute Gasteiger partial charge is 0.490 e. The average Bonchev–Trinajstić information content (AvgIpc) is 3.37. The van der Waals surface area contributed by atoms with Crippen LogP contribution >= 0.6 is 0 Å². The molecule has 0 unspecified atom stereocenters. The second-order valence-electron chi connectivity index (χ2n) is 9.37. The number of ether oxygens (including phenoxy) is 1. The Morgan fingerprint density at radius 2 is 1.28 bits per heavy atom. The summed E-state index contributed by atoms with van der Waals surface area (Å²) in [5.41, 5.74) is 9.76. The van der Waals surface area contributed by atoms with Crippen molar-refractivity contribution in [2.45, 2.75) is 37.9 Å². The zero-order valence-electron chi connectivity index (χ0n) is 24.8. The minimum Gasteiger partial charge on any atom is -0.490 e. The zero-order chi connectivity index (χ0) is 38.6. The quantitative estimate of drug-likeness (QED) is 0.146. The fourth-order valence-electron chi connectivity index (χ4n) is 3.23. The van der Waals surface area contributed by atoms with Crippen LogP contribution in [0.2, 0.25) is 0 Å². The minimum absolute atomic E-state index is 0.0285. The van der Waals surface area contributed by atoms with Crippen LogP contribution in [0.3, 0.4) is 0 Å². The van der Waals surface area contributed by atoms with E-state index in [4.69, 9.17) is 40.2 Å². The van der Waals surface area contributed by atoms with Gasteiger partial charge in [-0.3, -0.25) is 10.1 Å². The molecule has 50 heavy (non-hydrogen) atoms. The number of halogens is 11. The maximum atomic E-state index is 13.8. The number of aliphatic carboxylic acids is 3. The number of aryl methyl sites for hydroxylation is 1. The lowest BCUT2D eigenvalue weighted by molar-refractivity contribution is -0.193. The molecular formula is C28H23F11N4O7. The van der Waals surface area contributed by atoms with Crippen molar-refractivity contribution in [1.29, 1.82) is 0 Å². The Morgan fingerprint density at radius 3 is 1.74 bits per heavy atom. The first kappa shape index (κ1) is 42.5. The summed E-state index contributed by atoms with van der Waals surface area (Å²) in [6.07, 6.45) is -11.9. The molecule has 2 aromatic carbocycles. The minimum atomic E-state index is -5.08. The molecule has 0 aliphatic carbocycles. The molecule has 0 spiro atoms. The van der Waals surface area contributed by atoms with E-state index >= 15 is 0 Å². The van der Waals surface area contributed by atoms with Crippen molar-refractivity contribution in [2.24, 2.45) is 5.73 Å². The second-order valence-corrected chi connectivity index (χ2v) is 9.37. The van der Waals surface area contributed by atoms with E-state index in [-0.39, 0.29) is 18.6 Å². The molecular weight excluding hydrogens is 713 g/mol. The van der Waals surface area contributed by atoms with Crippen molar-refractivity contribution in [3.05, 3.63) is 77.8 Å². The van der Waals surface area contributed by atoms with E-state index in [1.165, 1.54) is 18.2 Å². The van der Waals surface area contributed by atoms with E-state index < -0.39 is 54.1 Å². The molecule has 0 saturated heterocycles. The molecule has 0 amide bonds. The van der Waals surface area contributed by atoms with Gasteiger partial charge in [-0.1, -0.05) is 12.1 Å². The van der Waals surface area contributed by atoms with Crippen LogP contribution in [0.1, 0.15) is 11.3 Å². The summed E-state index contributed by atoms with van der Waals surface area (Å²) in [6, 6.07) is 11.0. The number of nitrogens with two attached hydrogens (primary N) is 1. The van der Waals surface area contributed by atoms with E-state index in [0.29, 0.717) is 5.75 Å². The number of aromatic nitrogens is 3. The number of hydrogen-bond donors (Lipinski definition) is 5. The van der Waals surface area contributed by atoms with Crippen molar-refractivity contribution in [3.8, 4) is 16.9 Å². The number of hydrogen-bond acceptors (Lipinski definition) is 7. The number of rotatable bonds is 6. The molecule has 4 rings (SSSR count). The Labute approximate surface area is 272 Å². The van der Waals surface area contributed by atoms with Gasteiger partial charge in [0.15, 0.2) is 0 Å². The van der Waals surface area contributed by atoms with Crippen LogP contribution in [0.15, 0.2) is 54.9 Å². The van der Waals surface area contributed by atoms with Gasteiger partial charge in [-0.15, -0.1) is 0 Å². The third-order valence-corrected chi connectivity index (χ3v) is 5.51. The van der Waals surface area contributed by atoms with Crippen LogP contribution in [-0.4, -0.2) is 79.6 Å². The Bertz CT molecular complexity index is 1680. The van der Waals surface area contributed by atoms with Gasteiger partial charge in [0.25, 0.3) is 0 Å². The number of nitrogens with one attached hydrogen (secondary N) is 1. The van der Waals surface area contributed by atoms with Crippen LogP contribution < -0.4 is 10.5 Å². The van der Waals surface area contributed by atoms with E-state index in [9.17, 15) is 48.3 Å². The first-order valence-electron chi connectivity index (χ1n) is 13.0. The van der Waals surface area contributed by atoms with E-state index in [0.717, 1.165) is 27.7 Å². The lowest BCUT2D eigenvalue weighted by Crippen LogP contribution is -2.31. The normalized spacial score (nSPS) is 11.9. The fraction of sp³-hybridized carbons (Fsp3) is 0.250. The van der Waals surface area contributed by atoms with E-state index in [2.05, 4.69) is 15.2 Å². The number of H-pyrrole nitrogens is 1.